The van der Waals surface area contributed by atoms with Gasteiger partial charge in [-0.3, -0.25) is 9.63 Å². The van der Waals surface area contributed by atoms with Gasteiger partial charge in [-0.15, -0.1) is 0 Å². The molecule has 0 heterocycles. The van der Waals surface area contributed by atoms with E-state index in [2.05, 4.69) is 10.3 Å². The fourth-order valence-corrected chi connectivity index (χ4v) is 0.302. The van der Waals surface area contributed by atoms with Gasteiger partial charge < -0.3 is 10.8 Å². The lowest BCUT2D eigenvalue weighted by Gasteiger charge is -2.04. The molecule has 0 rings (SSSR count). The number of aliphatic hydroxyl groups is 1. The predicted octanol–water partition coefficient (Wildman–Crippen LogP) is -1.63. The summed E-state index contributed by atoms with van der Waals surface area (Å²) in [5.74, 6) is -0.543. The van der Waals surface area contributed by atoms with Gasteiger partial charge in [0.05, 0.1) is 6.10 Å². The van der Waals surface area contributed by atoms with Crippen molar-refractivity contribution in [2.75, 3.05) is 13.2 Å². The zero-order valence-electron chi connectivity index (χ0n) is 5.83. The highest BCUT2D eigenvalue weighted by Crippen LogP contribution is 1.74. The van der Waals surface area contributed by atoms with Crippen LogP contribution in [0.1, 0.15) is 6.92 Å². The first-order chi connectivity index (χ1) is 4.63. The molecule has 5 heteroatoms. The Hall–Kier alpha value is -0.650. The lowest BCUT2D eigenvalue weighted by molar-refractivity contribution is -0.125. The van der Waals surface area contributed by atoms with E-state index in [1.54, 1.807) is 6.92 Å². The SMILES string of the molecule is C[C@H](O)CNOCC(N)=O. The zero-order valence-corrected chi connectivity index (χ0v) is 5.83. The number of nitrogens with two attached hydrogens (primary N) is 1. The number of hydroxylamine groups is 1. The normalized spacial score (nSPS) is 13.0. The monoisotopic (exact) mass is 148 g/mol. The van der Waals surface area contributed by atoms with Crippen molar-refractivity contribution >= 4 is 5.91 Å². The van der Waals surface area contributed by atoms with Crippen LogP contribution < -0.4 is 11.2 Å². The van der Waals surface area contributed by atoms with Crippen molar-refractivity contribution in [1.82, 2.24) is 5.48 Å². The van der Waals surface area contributed by atoms with Crippen LogP contribution in [0.25, 0.3) is 0 Å². The lowest BCUT2D eigenvalue weighted by atomic mass is 10.4. The van der Waals surface area contributed by atoms with E-state index in [0.29, 0.717) is 0 Å². The molecule has 0 aromatic heterocycles. The van der Waals surface area contributed by atoms with Gasteiger partial charge in [-0.25, -0.2) is 0 Å². The van der Waals surface area contributed by atoms with E-state index in [-0.39, 0.29) is 13.2 Å². The van der Waals surface area contributed by atoms with Gasteiger partial charge in [0.2, 0.25) is 5.91 Å². The third-order valence-electron chi connectivity index (χ3n) is 0.695. The number of amides is 1. The summed E-state index contributed by atoms with van der Waals surface area (Å²) >= 11 is 0. The molecule has 0 unspecified atom stereocenters. The standard InChI is InChI=1S/C5H12N2O3/c1-4(8)2-7-10-3-5(6)9/h4,7-8H,2-3H2,1H3,(H2,6,9)/t4-/m0/s1. The molecule has 0 saturated carbocycles. The Kier molecular flexibility index (Phi) is 4.82. The van der Waals surface area contributed by atoms with E-state index >= 15 is 0 Å². The summed E-state index contributed by atoms with van der Waals surface area (Å²) in [5.41, 5.74) is 7.11. The molecule has 0 aliphatic rings. The smallest absolute Gasteiger partial charge is 0.245 e. The van der Waals surface area contributed by atoms with Crippen LogP contribution in [0.3, 0.4) is 0 Å². The molecule has 0 spiro atoms. The van der Waals surface area contributed by atoms with Gasteiger partial charge in [0, 0.05) is 6.54 Å². The van der Waals surface area contributed by atoms with E-state index in [4.69, 9.17) is 10.8 Å². The highest BCUT2D eigenvalue weighted by Gasteiger charge is 1.95. The topological polar surface area (TPSA) is 84.6 Å². The fraction of sp³-hybridized carbons (Fsp3) is 0.800. The van der Waals surface area contributed by atoms with E-state index in [1.807, 2.05) is 0 Å². The number of aliphatic hydroxyl groups excluding tert-OH is 1. The van der Waals surface area contributed by atoms with Gasteiger partial charge >= 0.3 is 0 Å². The van der Waals surface area contributed by atoms with E-state index in [1.165, 1.54) is 0 Å². The summed E-state index contributed by atoms with van der Waals surface area (Å²) in [6, 6.07) is 0. The van der Waals surface area contributed by atoms with Gasteiger partial charge in [-0.2, -0.15) is 5.48 Å². The molecule has 0 saturated heterocycles. The van der Waals surface area contributed by atoms with Crippen LogP contribution in [0.2, 0.25) is 0 Å². The van der Waals surface area contributed by atoms with Crippen molar-refractivity contribution in [2.45, 2.75) is 13.0 Å². The summed E-state index contributed by atoms with van der Waals surface area (Å²) < 4.78 is 0. The first-order valence-corrected chi connectivity index (χ1v) is 2.94. The number of nitrogens with one attached hydrogen (secondary N) is 1. The van der Waals surface area contributed by atoms with Crippen LogP contribution in [-0.4, -0.2) is 30.3 Å². The van der Waals surface area contributed by atoms with Gasteiger partial charge in [-0.1, -0.05) is 0 Å². The molecule has 1 atom stereocenters. The van der Waals surface area contributed by atoms with Crippen molar-refractivity contribution in [3.05, 3.63) is 0 Å². The summed E-state index contributed by atoms with van der Waals surface area (Å²) in [4.78, 5) is 14.6. The molecule has 0 radical (unpaired) electrons. The first-order valence-electron chi connectivity index (χ1n) is 2.94. The maximum Gasteiger partial charge on any atom is 0.245 e. The molecule has 0 bridgehead atoms. The van der Waals surface area contributed by atoms with Crippen LogP contribution in [0.15, 0.2) is 0 Å². The zero-order chi connectivity index (χ0) is 7.98. The number of carbonyl (C=O) groups excluding carboxylic acids is 1. The van der Waals surface area contributed by atoms with Crippen molar-refractivity contribution in [1.29, 1.82) is 0 Å². The number of hydrogen-bond acceptors (Lipinski definition) is 4. The van der Waals surface area contributed by atoms with Crippen LogP contribution >= 0.6 is 0 Å². The van der Waals surface area contributed by atoms with E-state index < -0.39 is 12.0 Å². The third-order valence-corrected chi connectivity index (χ3v) is 0.695. The average Bonchev–Trinajstić information content (AvgIpc) is 1.79. The molecule has 4 N–H and O–H groups in total. The van der Waals surface area contributed by atoms with Gasteiger partial charge in [-0.05, 0) is 6.92 Å². The second kappa shape index (κ2) is 5.16. The minimum Gasteiger partial charge on any atom is -0.392 e. The molecule has 0 aliphatic heterocycles. The van der Waals surface area contributed by atoms with Crippen molar-refractivity contribution < 1.29 is 14.7 Å². The summed E-state index contributed by atoms with van der Waals surface area (Å²) in [6.45, 7) is 1.71. The Labute approximate surface area is 59.1 Å². The molecule has 1 amide bonds. The van der Waals surface area contributed by atoms with Crippen LogP contribution in [-0.2, 0) is 9.63 Å². The quantitative estimate of drug-likeness (QED) is 0.323. The molecule has 10 heavy (non-hydrogen) atoms. The molecular weight excluding hydrogens is 136 g/mol. The number of rotatable bonds is 5. The molecule has 0 aromatic carbocycles. The summed E-state index contributed by atoms with van der Waals surface area (Å²) in [7, 11) is 0. The van der Waals surface area contributed by atoms with Gasteiger partial charge in [0.1, 0.15) is 6.61 Å². The molecule has 0 aliphatic carbocycles. The van der Waals surface area contributed by atoms with E-state index in [9.17, 15) is 4.79 Å². The van der Waals surface area contributed by atoms with Crippen molar-refractivity contribution in [2.24, 2.45) is 5.73 Å². The Morgan fingerprint density at radius 2 is 2.50 bits per heavy atom. The Balaban J connectivity index is 2.98. The lowest BCUT2D eigenvalue weighted by Crippen LogP contribution is -2.29. The maximum absolute atomic E-state index is 10.0. The number of carbonyl (C=O) groups is 1. The minimum absolute atomic E-state index is 0.174. The summed E-state index contributed by atoms with van der Waals surface area (Å²) in [5, 5.41) is 8.66. The van der Waals surface area contributed by atoms with Gasteiger partial charge in [0.25, 0.3) is 0 Å². The predicted molar refractivity (Wildman–Crippen MR) is 34.8 cm³/mol. The summed E-state index contributed by atoms with van der Waals surface area (Å²) in [6.07, 6.45) is -0.493. The Morgan fingerprint density at radius 1 is 1.90 bits per heavy atom. The largest absolute Gasteiger partial charge is 0.392 e. The van der Waals surface area contributed by atoms with Crippen LogP contribution in [0, 0.1) is 0 Å². The van der Waals surface area contributed by atoms with Crippen LogP contribution in [0.5, 0.6) is 0 Å². The number of hydrogen-bond donors (Lipinski definition) is 3. The maximum atomic E-state index is 10.0. The van der Waals surface area contributed by atoms with Crippen molar-refractivity contribution in [3.8, 4) is 0 Å². The van der Waals surface area contributed by atoms with E-state index in [0.717, 1.165) is 0 Å². The Morgan fingerprint density at radius 3 is 2.90 bits per heavy atom. The Bertz CT molecular complexity index is 105. The molecule has 0 fully saturated rings. The average molecular weight is 148 g/mol. The minimum atomic E-state index is -0.543. The first kappa shape index (κ1) is 9.35. The molecular formula is C5H12N2O3. The number of primary amides is 1. The highest BCUT2D eigenvalue weighted by atomic mass is 16.6. The second-order valence-corrected chi connectivity index (χ2v) is 1.95. The molecule has 0 aromatic rings. The third kappa shape index (κ3) is 7.35. The molecule has 60 valence electrons. The fourth-order valence-electron chi connectivity index (χ4n) is 0.302. The highest BCUT2D eigenvalue weighted by molar-refractivity contribution is 5.74. The van der Waals surface area contributed by atoms with Crippen LogP contribution in [0.4, 0.5) is 0 Å². The second-order valence-electron chi connectivity index (χ2n) is 1.95. The van der Waals surface area contributed by atoms with Crippen molar-refractivity contribution in [3.63, 3.8) is 0 Å². The molecule has 5 nitrogen and oxygen atoms in total. The van der Waals surface area contributed by atoms with Gasteiger partial charge in [0.15, 0.2) is 0 Å².